The van der Waals surface area contributed by atoms with Gasteiger partial charge in [0.15, 0.2) is 5.82 Å². The standard InChI is InChI=1S/C23H28FN5O2S/c1-28(18-10-6-3-7-11-18)16-22-26-23(14-17-8-4-2-5-9-17)29(27-22)21-13-12-19(15-20(21)24)32(25,30)31/h2,4-5,8-9,12-13,15,18H,3,6-7,10-11,14,16H2,1H3,(H2,25,30,31). The molecule has 0 saturated heterocycles. The lowest BCUT2D eigenvalue weighted by atomic mass is 9.94. The minimum atomic E-state index is -4.00. The topological polar surface area (TPSA) is 94.1 Å². The van der Waals surface area contributed by atoms with Crippen molar-refractivity contribution in [3.05, 3.63) is 71.6 Å². The van der Waals surface area contributed by atoms with Gasteiger partial charge in [-0.3, -0.25) is 4.90 Å². The van der Waals surface area contributed by atoms with E-state index in [-0.39, 0.29) is 10.6 Å². The zero-order chi connectivity index (χ0) is 22.7. The number of primary sulfonamides is 1. The van der Waals surface area contributed by atoms with Crippen LogP contribution < -0.4 is 5.14 Å². The molecule has 0 amide bonds. The molecule has 1 aromatic heterocycles. The van der Waals surface area contributed by atoms with Crippen molar-refractivity contribution in [2.45, 2.75) is 56.0 Å². The number of aromatic nitrogens is 3. The van der Waals surface area contributed by atoms with Gasteiger partial charge in [-0.25, -0.2) is 27.6 Å². The van der Waals surface area contributed by atoms with E-state index < -0.39 is 15.8 Å². The van der Waals surface area contributed by atoms with Gasteiger partial charge in [0.05, 0.1) is 11.4 Å². The van der Waals surface area contributed by atoms with Crippen LogP contribution in [0.3, 0.4) is 0 Å². The van der Waals surface area contributed by atoms with Crippen molar-refractivity contribution in [3.8, 4) is 5.69 Å². The molecule has 0 aliphatic heterocycles. The van der Waals surface area contributed by atoms with Crippen LogP contribution in [0.2, 0.25) is 0 Å². The van der Waals surface area contributed by atoms with Crippen molar-refractivity contribution in [1.82, 2.24) is 19.7 Å². The van der Waals surface area contributed by atoms with Gasteiger partial charge in [0.1, 0.15) is 17.3 Å². The third-order valence-electron chi connectivity index (χ3n) is 5.99. The fourth-order valence-corrected chi connectivity index (χ4v) is 4.78. The van der Waals surface area contributed by atoms with Crippen molar-refractivity contribution in [3.63, 3.8) is 0 Å². The summed E-state index contributed by atoms with van der Waals surface area (Å²) >= 11 is 0. The van der Waals surface area contributed by atoms with E-state index in [1.54, 1.807) is 0 Å². The molecule has 7 nitrogen and oxygen atoms in total. The molecule has 0 spiro atoms. The molecule has 32 heavy (non-hydrogen) atoms. The van der Waals surface area contributed by atoms with Gasteiger partial charge in [0, 0.05) is 12.5 Å². The predicted octanol–water partition coefficient (Wildman–Crippen LogP) is 3.41. The summed E-state index contributed by atoms with van der Waals surface area (Å²) in [7, 11) is -1.92. The third-order valence-corrected chi connectivity index (χ3v) is 6.90. The lowest BCUT2D eigenvalue weighted by Crippen LogP contribution is -2.33. The molecule has 0 bridgehead atoms. The molecular weight excluding hydrogens is 429 g/mol. The van der Waals surface area contributed by atoms with Gasteiger partial charge in [-0.2, -0.15) is 0 Å². The monoisotopic (exact) mass is 457 g/mol. The first-order valence-corrected chi connectivity index (χ1v) is 12.4. The van der Waals surface area contributed by atoms with E-state index in [0.29, 0.717) is 30.7 Å². The van der Waals surface area contributed by atoms with E-state index in [0.717, 1.165) is 24.5 Å². The Labute approximate surface area is 188 Å². The molecule has 9 heteroatoms. The fourth-order valence-electron chi connectivity index (χ4n) is 4.25. The molecule has 1 saturated carbocycles. The van der Waals surface area contributed by atoms with Crippen LogP contribution in [0, 0.1) is 5.82 Å². The number of sulfonamides is 1. The number of halogens is 1. The van der Waals surface area contributed by atoms with Crippen molar-refractivity contribution < 1.29 is 12.8 Å². The largest absolute Gasteiger partial charge is 0.296 e. The lowest BCUT2D eigenvalue weighted by molar-refractivity contribution is 0.181. The van der Waals surface area contributed by atoms with Crippen molar-refractivity contribution in [1.29, 1.82) is 0 Å². The Morgan fingerprint density at radius 2 is 1.84 bits per heavy atom. The van der Waals surface area contributed by atoms with Gasteiger partial charge >= 0.3 is 0 Å². The second-order valence-electron chi connectivity index (χ2n) is 8.38. The molecule has 4 rings (SSSR count). The highest BCUT2D eigenvalue weighted by Crippen LogP contribution is 2.24. The van der Waals surface area contributed by atoms with Gasteiger partial charge in [-0.15, -0.1) is 5.10 Å². The zero-order valence-electron chi connectivity index (χ0n) is 18.1. The van der Waals surface area contributed by atoms with E-state index in [2.05, 4.69) is 17.0 Å². The average Bonchev–Trinajstić information content (AvgIpc) is 3.16. The molecule has 2 N–H and O–H groups in total. The molecular formula is C23H28FN5O2S. The minimum Gasteiger partial charge on any atom is -0.296 e. The van der Waals surface area contributed by atoms with Crippen LogP contribution >= 0.6 is 0 Å². The van der Waals surface area contributed by atoms with Gasteiger partial charge in [0.25, 0.3) is 0 Å². The maximum Gasteiger partial charge on any atom is 0.238 e. The Bertz CT molecular complexity index is 1170. The second-order valence-corrected chi connectivity index (χ2v) is 9.95. The third kappa shape index (κ3) is 5.23. The minimum absolute atomic E-state index is 0.141. The van der Waals surface area contributed by atoms with E-state index in [4.69, 9.17) is 10.1 Å². The Kier molecular flexibility index (Phi) is 6.68. The highest BCUT2D eigenvalue weighted by Gasteiger charge is 2.22. The Morgan fingerprint density at radius 3 is 2.50 bits per heavy atom. The number of rotatable bonds is 7. The first-order chi connectivity index (χ1) is 15.3. The lowest BCUT2D eigenvalue weighted by Gasteiger charge is -2.30. The summed E-state index contributed by atoms with van der Waals surface area (Å²) in [5.41, 5.74) is 1.16. The highest BCUT2D eigenvalue weighted by molar-refractivity contribution is 7.89. The molecule has 1 fully saturated rings. The fraction of sp³-hybridized carbons (Fsp3) is 0.391. The van der Waals surface area contributed by atoms with Crippen molar-refractivity contribution in [2.75, 3.05) is 7.05 Å². The van der Waals surface area contributed by atoms with Gasteiger partial charge in [-0.05, 0) is 43.7 Å². The van der Waals surface area contributed by atoms with Gasteiger partial charge < -0.3 is 0 Å². The number of benzene rings is 2. The van der Waals surface area contributed by atoms with E-state index in [1.165, 1.54) is 36.1 Å². The number of nitrogens with zero attached hydrogens (tertiary/aromatic N) is 4. The van der Waals surface area contributed by atoms with Crippen LogP contribution in [0.15, 0.2) is 53.4 Å². The summed E-state index contributed by atoms with van der Waals surface area (Å²) in [6.07, 6.45) is 6.55. The second kappa shape index (κ2) is 9.48. The summed E-state index contributed by atoms with van der Waals surface area (Å²) in [4.78, 5) is 6.72. The Hall–Kier alpha value is -2.62. The average molecular weight is 458 g/mol. The molecule has 3 aromatic rings. The quantitative estimate of drug-likeness (QED) is 0.587. The van der Waals surface area contributed by atoms with Crippen LogP contribution in [0.25, 0.3) is 5.69 Å². The Morgan fingerprint density at radius 1 is 1.12 bits per heavy atom. The van der Waals surface area contributed by atoms with Crippen LogP contribution in [0.4, 0.5) is 4.39 Å². The van der Waals surface area contributed by atoms with Gasteiger partial charge in [0.2, 0.25) is 10.0 Å². The van der Waals surface area contributed by atoms with E-state index >= 15 is 0 Å². The first kappa shape index (κ1) is 22.6. The van der Waals surface area contributed by atoms with E-state index in [9.17, 15) is 12.8 Å². The summed E-state index contributed by atoms with van der Waals surface area (Å²) in [5.74, 6) is 0.479. The normalized spacial score (nSPS) is 15.4. The molecule has 0 radical (unpaired) electrons. The van der Waals surface area contributed by atoms with Crippen LogP contribution in [-0.4, -0.2) is 41.2 Å². The summed E-state index contributed by atoms with van der Waals surface area (Å²) in [6, 6.07) is 13.9. The molecule has 1 aliphatic rings. The molecule has 2 aromatic carbocycles. The SMILES string of the molecule is CN(Cc1nc(Cc2ccccc2)n(-c2ccc(S(N)(=O)=O)cc2F)n1)C1CCCCC1. The molecule has 0 unspecified atom stereocenters. The summed E-state index contributed by atoms with van der Waals surface area (Å²) in [5, 5.41) is 9.75. The maximum absolute atomic E-state index is 14.9. The summed E-state index contributed by atoms with van der Waals surface area (Å²) in [6.45, 7) is 0.566. The molecule has 0 atom stereocenters. The predicted molar refractivity (Wildman–Crippen MR) is 120 cm³/mol. The highest BCUT2D eigenvalue weighted by atomic mass is 32.2. The van der Waals surface area contributed by atoms with Gasteiger partial charge in [-0.1, -0.05) is 49.6 Å². The Balaban J connectivity index is 1.68. The van der Waals surface area contributed by atoms with Crippen LogP contribution in [0.1, 0.15) is 49.3 Å². The van der Waals surface area contributed by atoms with E-state index in [1.807, 2.05) is 30.3 Å². The number of nitrogens with two attached hydrogens (primary N) is 1. The van der Waals surface area contributed by atoms with Crippen molar-refractivity contribution in [2.24, 2.45) is 5.14 Å². The summed E-state index contributed by atoms with van der Waals surface area (Å²) < 4.78 is 39.6. The maximum atomic E-state index is 14.9. The number of hydrogen-bond donors (Lipinski definition) is 1. The first-order valence-electron chi connectivity index (χ1n) is 10.8. The smallest absolute Gasteiger partial charge is 0.238 e. The van der Waals surface area contributed by atoms with Crippen LogP contribution in [-0.2, 0) is 23.0 Å². The molecule has 1 aliphatic carbocycles. The molecule has 170 valence electrons. The molecule has 1 heterocycles. The van der Waals surface area contributed by atoms with Crippen LogP contribution in [0.5, 0.6) is 0 Å². The van der Waals surface area contributed by atoms with Crippen molar-refractivity contribution >= 4 is 10.0 Å². The zero-order valence-corrected chi connectivity index (χ0v) is 18.9. The number of hydrogen-bond acceptors (Lipinski definition) is 5.